The van der Waals surface area contributed by atoms with Gasteiger partial charge in [0.25, 0.3) is 5.91 Å². The lowest BCUT2D eigenvalue weighted by Gasteiger charge is -2.15. The minimum atomic E-state index is -0.303. The number of benzene rings is 1. The van der Waals surface area contributed by atoms with Gasteiger partial charge in [-0.1, -0.05) is 6.07 Å². The van der Waals surface area contributed by atoms with Crippen molar-refractivity contribution in [2.45, 2.75) is 13.1 Å². The van der Waals surface area contributed by atoms with E-state index in [9.17, 15) is 9.18 Å². The summed E-state index contributed by atoms with van der Waals surface area (Å²) in [4.78, 5) is 23.6. The summed E-state index contributed by atoms with van der Waals surface area (Å²) in [6.45, 7) is 0.920. The molecule has 0 bridgehead atoms. The predicted molar refractivity (Wildman–Crippen MR) is 110 cm³/mol. The fourth-order valence-electron chi connectivity index (χ4n) is 3.85. The molecule has 7 heteroatoms. The molecule has 4 heterocycles. The number of pyridine rings is 2. The molecule has 0 fully saturated rings. The van der Waals surface area contributed by atoms with E-state index < -0.39 is 0 Å². The van der Waals surface area contributed by atoms with Crippen LogP contribution in [0.25, 0.3) is 22.4 Å². The van der Waals surface area contributed by atoms with Gasteiger partial charge in [0.2, 0.25) is 0 Å². The van der Waals surface area contributed by atoms with E-state index in [1.807, 2.05) is 31.4 Å². The molecule has 0 aliphatic carbocycles. The smallest absolute Gasteiger partial charge is 0.257 e. The second kappa shape index (κ2) is 7.18. The third-order valence-corrected chi connectivity index (χ3v) is 5.20. The Morgan fingerprint density at radius 3 is 2.67 bits per heavy atom. The van der Waals surface area contributed by atoms with E-state index in [2.05, 4.69) is 15.1 Å². The molecule has 1 aliphatic heterocycles. The largest absolute Gasteiger partial charge is 0.328 e. The number of aryl methyl sites for hydroxylation is 1. The van der Waals surface area contributed by atoms with Gasteiger partial charge in [-0.2, -0.15) is 5.10 Å². The van der Waals surface area contributed by atoms with Gasteiger partial charge in [-0.15, -0.1) is 0 Å². The molecule has 0 atom stereocenters. The van der Waals surface area contributed by atoms with Crippen LogP contribution in [0.2, 0.25) is 0 Å². The Labute approximate surface area is 172 Å². The molecule has 0 N–H and O–H groups in total. The zero-order valence-electron chi connectivity index (χ0n) is 16.3. The van der Waals surface area contributed by atoms with Crippen molar-refractivity contribution in [3.63, 3.8) is 0 Å². The SMILES string of the molecule is Cn1cc(-c2ccnc3c2C(=O)N(Cc2cccnc2)C3)c(-c2ccc(F)cc2)n1. The zero-order valence-corrected chi connectivity index (χ0v) is 16.3. The van der Waals surface area contributed by atoms with E-state index in [-0.39, 0.29) is 11.7 Å². The van der Waals surface area contributed by atoms with Gasteiger partial charge < -0.3 is 4.90 Å². The van der Waals surface area contributed by atoms with Crippen LogP contribution in [0.5, 0.6) is 0 Å². The molecule has 0 saturated carbocycles. The summed E-state index contributed by atoms with van der Waals surface area (Å²) in [7, 11) is 1.83. The van der Waals surface area contributed by atoms with Gasteiger partial charge in [-0.3, -0.25) is 19.4 Å². The maximum atomic E-state index is 13.4. The van der Waals surface area contributed by atoms with Gasteiger partial charge in [0.1, 0.15) is 11.5 Å². The monoisotopic (exact) mass is 399 g/mol. The molecule has 0 unspecified atom stereocenters. The number of carbonyl (C=O) groups is 1. The molecule has 1 aliphatic rings. The first kappa shape index (κ1) is 18.2. The Kier molecular flexibility index (Phi) is 4.35. The van der Waals surface area contributed by atoms with Crippen LogP contribution in [0.3, 0.4) is 0 Å². The summed E-state index contributed by atoms with van der Waals surface area (Å²) in [5.41, 5.74) is 5.40. The van der Waals surface area contributed by atoms with Crippen molar-refractivity contribution >= 4 is 5.91 Å². The van der Waals surface area contributed by atoms with Gasteiger partial charge in [0.15, 0.2) is 0 Å². The number of amides is 1. The van der Waals surface area contributed by atoms with E-state index in [1.165, 1.54) is 12.1 Å². The van der Waals surface area contributed by atoms with Crippen LogP contribution in [-0.2, 0) is 20.1 Å². The van der Waals surface area contributed by atoms with Crippen molar-refractivity contribution in [2.75, 3.05) is 0 Å². The number of nitrogens with zero attached hydrogens (tertiary/aromatic N) is 5. The minimum absolute atomic E-state index is 0.0640. The van der Waals surface area contributed by atoms with Crippen LogP contribution in [0.15, 0.2) is 67.3 Å². The third-order valence-electron chi connectivity index (χ3n) is 5.20. The number of hydrogen-bond acceptors (Lipinski definition) is 4. The van der Waals surface area contributed by atoms with Crippen molar-refractivity contribution in [3.05, 3.63) is 89.9 Å². The van der Waals surface area contributed by atoms with E-state index in [0.717, 1.165) is 27.9 Å². The second-order valence-corrected chi connectivity index (χ2v) is 7.27. The number of hydrogen-bond donors (Lipinski definition) is 0. The summed E-state index contributed by atoms with van der Waals surface area (Å²) in [6.07, 6.45) is 7.07. The highest BCUT2D eigenvalue weighted by atomic mass is 19.1. The Balaban J connectivity index is 1.56. The molecule has 1 amide bonds. The van der Waals surface area contributed by atoms with Crippen LogP contribution in [-0.4, -0.2) is 30.6 Å². The lowest BCUT2D eigenvalue weighted by molar-refractivity contribution is 0.0766. The maximum absolute atomic E-state index is 13.4. The van der Waals surface area contributed by atoms with Crippen molar-refractivity contribution in [2.24, 2.45) is 7.05 Å². The second-order valence-electron chi connectivity index (χ2n) is 7.27. The molecule has 148 valence electrons. The van der Waals surface area contributed by atoms with E-state index >= 15 is 0 Å². The normalized spacial score (nSPS) is 13.0. The molecule has 0 saturated heterocycles. The Morgan fingerprint density at radius 2 is 1.90 bits per heavy atom. The van der Waals surface area contributed by atoms with E-state index in [0.29, 0.717) is 24.3 Å². The first-order valence-corrected chi connectivity index (χ1v) is 9.56. The van der Waals surface area contributed by atoms with Crippen molar-refractivity contribution in [3.8, 4) is 22.4 Å². The summed E-state index contributed by atoms with van der Waals surface area (Å²) >= 11 is 0. The molecule has 0 radical (unpaired) electrons. The van der Waals surface area contributed by atoms with Crippen molar-refractivity contribution < 1.29 is 9.18 Å². The number of fused-ring (bicyclic) bond motifs is 1. The Morgan fingerprint density at radius 1 is 1.07 bits per heavy atom. The number of rotatable bonds is 4. The van der Waals surface area contributed by atoms with Gasteiger partial charge >= 0.3 is 0 Å². The van der Waals surface area contributed by atoms with E-state index in [4.69, 9.17) is 0 Å². The van der Waals surface area contributed by atoms with E-state index in [1.54, 1.807) is 40.3 Å². The molecule has 5 rings (SSSR count). The fraction of sp³-hybridized carbons (Fsp3) is 0.130. The average molecular weight is 399 g/mol. The lowest BCUT2D eigenvalue weighted by Crippen LogP contribution is -2.23. The highest BCUT2D eigenvalue weighted by Crippen LogP contribution is 2.37. The third kappa shape index (κ3) is 3.14. The quantitative estimate of drug-likeness (QED) is 0.523. The molecular weight excluding hydrogens is 381 g/mol. The highest BCUT2D eigenvalue weighted by Gasteiger charge is 2.32. The number of carbonyl (C=O) groups excluding carboxylic acids is 1. The van der Waals surface area contributed by atoms with Crippen molar-refractivity contribution in [1.29, 1.82) is 0 Å². The summed E-state index contributed by atoms with van der Waals surface area (Å²) < 4.78 is 15.1. The molecule has 6 nitrogen and oxygen atoms in total. The van der Waals surface area contributed by atoms with Gasteiger partial charge in [-0.05, 0) is 42.0 Å². The minimum Gasteiger partial charge on any atom is -0.328 e. The van der Waals surface area contributed by atoms with Crippen LogP contribution < -0.4 is 0 Å². The Hall–Kier alpha value is -3.87. The van der Waals surface area contributed by atoms with Crippen LogP contribution in [0.4, 0.5) is 4.39 Å². The van der Waals surface area contributed by atoms with Crippen molar-refractivity contribution in [1.82, 2.24) is 24.6 Å². The highest BCUT2D eigenvalue weighted by molar-refractivity contribution is 6.05. The summed E-state index contributed by atoms with van der Waals surface area (Å²) in [5, 5.41) is 4.56. The molecular formula is C23H18FN5O. The Bertz CT molecular complexity index is 1230. The standard InChI is InChI=1S/C23H18FN5O/c1-28-13-19(22(27-28)16-4-6-17(24)7-5-16)18-8-10-26-20-14-29(23(30)21(18)20)12-15-3-2-9-25-11-15/h2-11,13H,12,14H2,1H3. The van der Waals surface area contributed by atoms with Crippen LogP contribution in [0.1, 0.15) is 21.6 Å². The molecule has 0 spiro atoms. The lowest BCUT2D eigenvalue weighted by atomic mass is 9.97. The van der Waals surface area contributed by atoms with Crippen LogP contribution >= 0.6 is 0 Å². The molecule has 4 aromatic rings. The fourth-order valence-corrected chi connectivity index (χ4v) is 3.85. The molecule has 3 aromatic heterocycles. The predicted octanol–water partition coefficient (Wildman–Crippen LogP) is 3.84. The zero-order chi connectivity index (χ0) is 20.7. The van der Waals surface area contributed by atoms with Gasteiger partial charge in [0.05, 0.1) is 17.8 Å². The first-order valence-electron chi connectivity index (χ1n) is 9.56. The summed E-state index contributed by atoms with van der Waals surface area (Å²) in [5.74, 6) is -0.367. The maximum Gasteiger partial charge on any atom is 0.257 e. The van der Waals surface area contributed by atoms with Gasteiger partial charge in [-0.25, -0.2) is 4.39 Å². The number of halogens is 1. The molecule has 30 heavy (non-hydrogen) atoms. The average Bonchev–Trinajstić information content (AvgIpc) is 3.29. The molecule has 1 aromatic carbocycles. The summed E-state index contributed by atoms with van der Waals surface area (Å²) in [6, 6.07) is 11.9. The van der Waals surface area contributed by atoms with Crippen LogP contribution in [0, 0.1) is 5.82 Å². The number of aromatic nitrogens is 4. The van der Waals surface area contributed by atoms with Gasteiger partial charge in [0, 0.05) is 55.1 Å². The topological polar surface area (TPSA) is 63.9 Å². The first-order chi connectivity index (χ1) is 14.6.